The fourth-order valence-electron chi connectivity index (χ4n) is 4.09. The maximum absolute atomic E-state index is 13.5. The van der Waals surface area contributed by atoms with E-state index in [1.807, 2.05) is 42.2 Å². The lowest BCUT2D eigenvalue weighted by Gasteiger charge is -2.25. The largest absolute Gasteiger partial charge is 0.362 e. The highest BCUT2D eigenvalue weighted by Gasteiger charge is 2.40. The standard InChI is InChI=1S/C27H33N3O3/c1-4-6-7-11-18-30-26(32)24(22-14-16-23(17-15-22)28-20(3)31)25(27(30)33)29(5-2)19-21-12-9-8-10-13-21/h8-10,12-17H,4-7,11,18-19H2,1-3H3,(H,28,31). The number of rotatable bonds is 11. The van der Waals surface area contributed by atoms with Crippen molar-refractivity contribution in [3.8, 4) is 0 Å². The van der Waals surface area contributed by atoms with Gasteiger partial charge in [-0.15, -0.1) is 0 Å². The van der Waals surface area contributed by atoms with Gasteiger partial charge in [0.25, 0.3) is 11.8 Å². The molecule has 3 amide bonds. The van der Waals surface area contributed by atoms with E-state index >= 15 is 0 Å². The molecule has 1 heterocycles. The van der Waals surface area contributed by atoms with Crippen LogP contribution >= 0.6 is 0 Å². The third kappa shape index (κ3) is 5.89. The molecule has 0 unspecified atom stereocenters. The molecule has 0 saturated heterocycles. The van der Waals surface area contributed by atoms with Gasteiger partial charge in [-0.25, -0.2) is 0 Å². The summed E-state index contributed by atoms with van der Waals surface area (Å²) in [5.41, 5.74) is 3.30. The summed E-state index contributed by atoms with van der Waals surface area (Å²) in [4.78, 5) is 41.7. The maximum atomic E-state index is 13.5. The number of benzene rings is 2. The average molecular weight is 448 g/mol. The summed E-state index contributed by atoms with van der Waals surface area (Å²) < 4.78 is 0. The minimum Gasteiger partial charge on any atom is -0.362 e. The first-order valence-corrected chi connectivity index (χ1v) is 11.7. The molecule has 2 aromatic carbocycles. The Morgan fingerprint density at radius 1 is 0.909 bits per heavy atom. The van der Waals surface area contributed by atoms with Crippen molar-refractivity contribution in [2.24, 2.45) is 0 Å². The number of hydrogen-bond acceptors (Lipinski definition) is 4. The lowest BCUT2D eigenvalue weighted by Crippen LogP contribution is -2.35. The minimum atomic E-state index is -0.245. The number of carbonyl (C=O) groups excluding carboxylic acids is 3. The van der Waals surface area contributed by atoms with Gasteiger partial charge >= 0.3 is 0 Å². The van der Waals surface area contributed by atoms with Crippen LogP contribution < -0.4 is 5.32 Å². The van der Waals surface area contributed by atoms with Crippen LogP contribution in [0.1, 0.15) is 57.6 Å². The van der Waals surface area contributed by atoms with Gasteiger partial charge in [-0.2, -0.15) is 0 Å². The van der Waals surface area contributed by atoms with Crippen LogP contribution in [0.5, 0.6) is 0 Å². The summed E-state index contributed by atoms with van der Waals surface area (Å²) in [6, 6.07) is 17.1. The number of hydrogen-bond donors (Lipinski definition) is 1. The molecule has 0 aliphatic carbocycles. The molecular weight excluding hydrogens is 414 g/mol. The molecule has 0 spiro atoms. The lowest BCUT2D eigenvalue weighted by molar-refractivity contribution is -0.137. The molecule has 6 nitrogen and oxygen atoms in total. The number of unbranched alkanes of at least 4 members (excludes halogenated alkanes) is 3. The summed E-state index contributed by atoms with van der Waals surface area (Å²) >= 11 is 0. The van der Waals surface area contributed by atoms with Crippen LogP contribution in [-0.2, 0) is 20.9 Å². The highest BCUT2D eigenvalue weighted by atomic mass is 16.2. The number of amides is 3. The number of nitrogens with zero attached hydrogens (tertiary/aromatic N) is 2. The van der Waals surface area contributed by atoms with E-state index in [0.29, 0.717) is 42.2 Å². The number of nitrogens with one attached hydrogen (secondary N) is 1. The number of likely N-dealkylation sites (N-methyl/N-ethyl adjacent to an activating group) is 1. The van der Waals surface area contributed by atoms with E-state index in [0.717, 1.165) is 31.2 Å². The highest BCUT2D eigenvalue weighted by molar-refractivity contribution is 6.35. The van der Waals surface area contributed by atoms with E-state index in [4.69, 9.17) is 0 Å². The quantitative estimate of drug-likeness (QED) is 0.396. The minimum absolute atomic E-state index is 0.159. The second kappa shape index (κ2) is 11.5. The van der Waals surface area contributed by atoms with Gasteiger partial charge in [-0.05, 0) is 36.6 Å². The molecule has 0 bridgehead atoms. The molecule has 1 aliphatic rings. The normalized spacial score (nSPS) is 13.6. The monoisotopic (exact) mass is 447 g/mol. The molecule has 0 fully saturated rings. The van der Waals surface area contributed by atoms with E-state index in [-0.39, 0.29) is 17.7 Å². The fraction of sp³-hybridized carbons (Fsp3) is 0.370. The smallest absolute Gasteiger partial charge is 0.277 e. The molecule has 0 saturated carbocycles. The molecule has 2 aromatic rings. The summed E-state index contributed by atoms with van der Waals surface area (Å²) in [6.07, 6.45) is 3.98. The summed E-state index contributed by atoms with van der Waals surface area (Å²) in [5.74, 6) is -0.631. The maximum Gasteiger partial charge on any atom is 0.277 e. The van der Waals surface area contributed by atoms with Gasteiger partial charge in [0.1, 0.15) is 5.70 Å². The number of anilines is 1. The van der Waals surface area contributed by atoms with Crippen LogP contribution in [0.15, 0.2) is 60.3 Å². The second-order valence-corrected chi connectivity index (χ2v) is 8.30. The molecule has 6 heteroatoms. The van der Waals surface area contributed by atoms with Gasteiger partial charge in [-0.3, -0.25) is 19.3 Å². The number of carbonyl (C=O) groups is 3. The molecule has 33 heavy (non-hydrogen) atoms. The highest BCUT2D eigenvalue weighted by Crippen LogP contribution is 2.33. The van der Waals surface area contributed by atoms with E-state index in [1.54, 1.807) is 24.3 Å². The SMILES string of the molecule is CCCCCCN1C(=O)C(c2ccc(NC(C)=O)cc2)=C(N(CC)Cc2ccccc2)C1=O. The van der Waals surface area contributed by atoms with Gasteiger partial charge in [0, 0.05) is 32.2 Å². The van der Waals surface area contributed by atoms with Gasteiger partial charge < -0.3 is 10.2 Å². The Morgan fingerprint density at radius 3 is 2.21 bits per heavy atom. The molecule has 174 valence electrons. The zero-order valence-electron chi connectivity index (χ0n) is 19.8. The van der Waals surface area contributed by atoms with Crippen molar-refractivity contribution >= 4 is 29.0 Å². The topological polar surface area (TPSA) is 69.7 Å². The Kier molecular flexibility index (Phi) is 8.41. The Morgan fingerprint density at radius 2 is 1.61 bits per heavy atom. The van der Waals surface area contributed by atoms with Crippen molar-refractivity contribution in [1.82, 2.24) is 9.80 Å². The zero-order valence-corrected chi connectivity index (χ0v) is 19.8. The Labute approximate surface area is 196 Å². The van der Waals surface area contributed by atoms with Gasteiger partial charge in [0.2, 0.25) is 5.91 Å². The van der Waals surface area contributed by atoms with Crippen LogP contribution in [0.4, 0.5) is 5.69 Å². The molecule has 3 rings (SSSR count). The molecule has 0 atom stereocenters. The van der Waals surface area contributed by atoms with Crippen molar-refractivity contribution in [2.45, 2.75) is 53.0 Å². The van der Waals surface area contributed by atoms with Gasteiger partial charge in [-0.1, -0.05) is 68.7 Å². The summed E-state index contributed by atoms with van der Waals surface area (Å²) in [7, 11) is 0. The van der Waals surface area contributed by atoms with E-state index < -0.39 is 0 Å². The summed E-state index contributed by atoms with van der Waals surface area (Å²) in [6.45, 7) is 7.15. The van der Waals surface area contributed by atoms with E-state index in [1.165, 1.54) is 11.8 Å². The van der Waals surface area contributed by atoms with Crippen molar-refractivity contribution in [2.75, 3.05) is 18.4 Å². The summed E-state index contributed by atoms with van der Waals surface area (Å²) in [5, 5.41) is 2.74. The van der Waals surface area contributed by atoms with Crippen molar-refractivity contribution in [1.29, 1.82) is 0 Å². The van der Waals surface area contributed by atoms with Crippen LogP contribution in [-0.4, -0.2) is 40.6 Å². The molecule has 1 N–H and O–H groups in total. The molecule has 0 radical (unpaired) electrons. The second-order valence-electron chi connectivity index (χ2n) is 8.30. The van der Waals surface area contributed by atoms with Crippen LogP contribution in [0.2, 0.25) is 0 Å². The first-order valence-electron chi connectivity index (χ1n) is 11.7. The Bertz CT molecular complexity index is 1010. The van der Waals surface area contributed by atoms with Gasteiger partial charge in [0.05, 0.1) is 5.57 Å². The Balaban J connectivity index is 1.97. The number of imide groups is 1. The first-order chi connectivity index (χ1) is 16.0. The van der Waals surface area contributed by atoms with Crippen LogP contribution in [0.3, 0.4) is 0 Å². The first kappa shape index (κ1) is 24.2. The average Bonchev–Trinajstić information content (AvgIpc) is 3.05. The zero-order chi connectivity index (χ0) is 23.8. The van der Waals surface area contributed by atoms with Gasteiger partial charge in [0.15, 0.2) is 0 Å². The van der Waals surface area contributed by atoms with Crippen LogP contribution in [0, 0.1) is 0 Å². The molecule has 1 aliphatic heterocycles. The Hall–Kier alpha value is -3.41. The predicted octanol–water partition coefficient (Wildman–Crippen LogP) is 4.83. The fourth-order valence-corrected chi connectivity index (χ4v) is 4.09. The third-order valence-electron chi connectivity index (χ3n) is 5.79. The van der Waals surface area contributed by atoms with Crippen molar-refractivity contribution in [3.63, 3.8) is 0 Å². The molecule has 0 aromatic heterocycles. The van der Waals surface area contributed by atoms with E-state index in [2.05, 4.69) is 12.2 Å². The lowest BCUT2D eigenvalue weighted by atomic mass is 10.0. The van der Waals surface area contributed by atoms with Crippen molar-refractivity contribution in [3.05, 3.63) is 71.4 Å². The van der Waals surface area contributed by atoms with E-state index in [9.17, 15) is 14.4 Å². The third-order valence-corrected chi connectivity index (χ3v) is 5.79. The van der Waals surface area contributed by atoms with Crippen molar-refractivity contribution < 1.29 is 14.4 Å². The van der Waals surface area contributed by atoms with Crippen LogP contribution in [0.25, 0.3) is 5.57 Å². The predicted molar refractivity (Wildman–Crippen MR) is 131 cm³/mol. The molecular formula is C27H33N3O3.